The van der Waals surface area contributed by atoms with E-state index in [0.29, 0.717) is 17.7 Å². The van der Waals surface area contributed by atoms with Gasteiger partial charge in [-0.3, -0.25) is 9.59 Å². The highest BCUT2D eigenvalue weighted by atomic mass is 16.2. The summed E-state index contributed by atoms with van der Waals surface area (Å²) in [6.45, 7) is 7.25. The smallest absolute Gasteiger partial charge is 0.258 e. The third-order valence-electron chi connectivity index (χ3n) is 5.62. The fourth-order valence-corrected chi connectivity index (χ4v) is 3.91. The number of hydrogen-bond donors (Lipinski definition) is 0. The summed E-state index contributed by atoms with van der Waals surface area (Å²) in [5, 5.41) is 0. The van der Waals surface area contributed by atoms with Crippen LogP contribution < -0.4 is 4.90 Å². The molecule has 2 aromatic carbocycles. The highest BCUT2D eigenvalue weighted by Gasteiger charge is 2.26. The average Bonchev–Trinajstić information content (AvgIpc) is 3.17. The molecule has 4 rings (SSSR count). The van der Waals surface area contributed by atoms with Gasteiger partial charge in [0.25, 0.3) is 11.8 Å². The SMILES string of the molecule is CCN1CCN(C(=O)c2ccc(C(=O)N3CCc4ccccc43)cc2)CC1. The summed E-state index contributed by atoms with van der Waals surface area (Å²) in [7, 11) is 0. The molecule has 2 aliphatic rings. The van der Waals surface area contributed by atoms with Crippen LogP contribution in [0, 0.1) is 0 Å². The number of amides is 2. The van der Waals surface area contributed by atoms with Crippen molar-refractivity contribution in [1.29, 1.82) is 0 Å². The molecule has 5 heteroatoms. The molecule has 27 heavy (non-hydrogen) atoms. The van der Waals surface area contributed by atoms with E-state index in [9.17, 15) is 9.59 Å². The molecule has 2 aliphatic heterocycles. The molecule has 0 saturated carbocycles. The first-order valence-corrected chi connectivity index (χ1v) is 9.69. The molecule has 0 radical (unpaired) electrons. The van der Waals surface area contributed by atoms with Gasteiger partial charge in [0.2, 0.25) is 0 Å². The van der Waals surface area contributed by atoms with Crippen LogP contribution in [0.1, 0.15) is 33.2 Å². The van der Waals surface area contributed by atoms with Gasteiger partial charge in [-0.25, -0.2) is 0 Å². The van der Waals surface area contributed by atoms with Gasteiger partial charge in [0.15, 0.2) is 0 Å². The average molecular weight is 363 g/mol. The lowest BCUT2D eigenvalue weighted by atomic mass is 10.1. The first-order chi connectivity index (χ1) is 13.2. The minimum Gasteiger partial charge on any atom is -0.336 e. The van der Waals surface area contributed by atoms with Gasteiger partial charge in [-0.05, 0) is 48.9 Å². The Morgan fingerprint density at radius 1 is 0.815 bits per heavy atom. The van der Waals surface area contributed by atoms with Gasteiger partial charge in [-0.15, -0.1) is 0 Å². The van der Waals surface area contributed by atoms with Crippen molar-refractivity contribution < 1.29 is 9.59 Å². The van der Waals surface area contributed by atoms with Gasteiger partial charge in [0, 0.05) is 49.5 Å². The quantitative estimate of drug-likeness (QED) is 0.842. The normalized spacial score (nSPS) is 17.1. The maximum absolute atomic E-state index is 12.9. The first-order valence-electron chi connectivity index (χ1n) is 9.69. The molecular formula is C22H25N3O2. The molecule has 2 aromatic rings. The lowest BCUT2D eigenvalue weighted by molar-refractivity contribution is 0.0643. The molecule has 0 aromatic heterocycles. The molecule has 0 N–H and O–H groups in total. The van der Waals surface area contributed by atoms with E-state index in [1.165, 1.54) is 5.56 Å². The first kappa shape index (κ1) is 17.7. The molecule has 0 bridgehead atoms. The monoisotopic (exact) mass is 363 g/mol. The van der Waals surface area contributed by atoms with Gasteiger partial charge in [-0.2, -0.15) is 0 Å². The van der Waals surface area contributed by atoms with Crippen LogP contribution in [0.15, 0.2) is 48.5 Å². The van der Waals surface area contributed by atoms with Crippen molar-refractivity contribution in [3.63, 3.8) is 0 Å². The Kier molecular flexibility index (Phi) is 4.94. The molecule has 0 spiro atoms. The summed E-state index contributed by atoms with van der Waals surface area (Å²) in [6.07, 6.45) is 0.891. The Hall–Kier alpha value is -2.66. The predicted octanol–water partition coefficient (Wildman–Crippen LogP) is 2.67. The third-order valence-corrected chi connectivity index (χ3v) is 5.62. The van der Waals surface area contributed by atoms with Crippen molar-refractivity contribution in [2.24, 2.45) is 0 Å². The van der Waals surface area contributed by atoms with Crippen molar-refractivity contribution in [3.8, 4) is 0 Å². The fraction of sp³-hybridized carbons (Fsp3) is 0.364. The molecule has 1 saturated heterocycles. The van der Waals surface area contributed by atoms with Crippen molar-refractivity contribution in [3.05, 3.63) is 65.2 Å². The molecule has 0 aliphatic carbocycles. The molecule has 2 heterocycles. The maximum atomic E-state index is 12.9. The van der Waals surface area contributed by atoms with E-state index in [0.717, 1.165) is 44.8 Å². The highest BCUT2D eigenvalue weighted by molar-refractivity contribution is 6.07. The Labute approximate surface area is 160 Å². The summed E-state index contributed by atoms with van der Waals surface area (Å²) in [5.74, 6) is 0.0479. The van der Waals surface area contributed by atoms with Crippen molar-refractivity contribution in [2.45, 2.75) is 13.3 Å². The molecule has 0 unspecified atom stereocenters. The van der Waals surface area contributed by atoms with Crippen LogP contribution in [-0.4, -0.2) is 60.9 Å². The number of para-hydroxylation sites is 1. The van der Waals surface area contributed by atoms with Gasteiger partial charge >= 0.3 is 0 Å². The van der Waals surface area contributed by atoms with E-state index in [1.54, 1.807) is 24.3 Å². The predicted molar refractivity (Wildman–Crippen MR) is 106 cm³/mol. The largest absolute Gasteiger partial charge is 0.336 e. The van der Waals surface area contributed by atoms with E-state index in [2.05, 4.69) is 17.9 Å². The number of hydrogen-bond acceptors (Lipinski definition) is 3. The number of carbonyl (C=O) groups excluding carboxylic acids is 2. The fourth-order valence-electron chi connectivity index (χ4n) is 3.91. The lowest BCUT2D eigenvalue weighted by Gasteiger charge is -2.34. The van der Waals surface area contributed by atoms with Crippen molar-refractivity contribution in [2.75, 3.05) is 44.2 Å². The molecule has 0 atom stereocenters. The number of fused-ring (bicyclic) bond motifs is 1. The van der Waals surface area contributed by atoms with Crippen LogP contribution in [0.5, 0.6) is 0 Å². The third kappa shape index (κ3) is 3.47. The number of nitrogens with zero attached hydrogens (tertiary/aromatic N) is 3. The topological polar surface area (TPSA) is 43.9 Å². The van der Waals surface area contributed by atoms with Crippen molar-refractivity contribution >= 4 is 17.5 Å². The summed E-state index contributed by atoms with van der Waals surface area (Å²) in [4.78, 5) is 31.7. The van der Waals surface area contributed by atoms with Crippen LogP contribution in [0.3, 0.4) is 0 Å². The Balaban J connectivity index is 1.45. The van der Waals surface area contributed by atoms with Crippen LogP contribution in [0.25, 0.3) is 0 Å². The number of carbonyl (C=O) groups is 2. The summed E-state index contributed by atoms with van der Waals surface area (Å²) < 4.78 is 0. The highest BCUT2D eigenvalue weighted by Crippen LogP contribution is 2.28. The van der Waals surface area contributed by atoms with E-state index < -0.39 is 0 Å². The lowest BCUT2D eigenvalue weighted by Crippen LogP contribution is -2.48. The standard InChI is InChI=1S/C22H25N3O2/c1-2-23-13-15-24(16-14-23)21(26)18-7-9-19(10-8-18)22(27)25-12-11-17-5-3-4-6-20(17)25/h3-10H,2,11-16H2,1H3. The Morgan fingerprint density at radius 3 is 2.11 bits per heavy atom. The van der Waals surface area contributed by atoms with Crippen molar-refractivity contribution in [1.82, 2.24) is 9.80 Å². The van der Waals surface area contributed by atoms with Gasteiger partial charge in [-0.1, -0.05) is 25.1 Å². The van der Waals surface area contributed by atoms with Gasteiger partial charge in [0.05, 0.1) is 0 Å². The van der Waals surface area contributed by atoms with E-state index >= 15 is 0 Å². The van der Waals surface area contributed by atoms with E-state index in [-0.39, 0.29) is 11.8 Å². The molecule has 140 valence electrons. The maximum Gasteiger partial charge on any atom is 0.258 e. The molecule has 1 fully saturated rings. The zero-order chi connectivity index (χ0) is 18.8. The molecule has 2 amide bonds. The van der Waals surface area contributed by atoms with Crippen LogP contribution >= 0.6 is 0 Å². The summed E-state index contributed by atoms with van der Waals surface area (Å²) in [5.41, 5.74) is 3.48. The van der Waals surface area contributed by atoms with Crippen LogP contribution in [-0.2, 0) is 6.42 Å². The molecule has 5 nitrogen and oxygen atoms in total. The van der Waals surface area contributed by atoms with Crippen LogP contribution in [0.2, 0.25) is 0 Å². The minimum atomic E-state index is -0.00416. The zero-order valence-electron chi connectivity index (χ0n) is 15.7. The Morgan fingerprint density at radius 2 is 1.44 bits per heavy atom. The van der Waals surface area contributed by atoms with Gasteiger partial charge in [0.1, 0.15) is 0 Å². The number of anilines is 1. The number of piperazine rings is 1. The molecular weight excluding hydrogens is 338 g/mol. The van der Waals surface area contributed by atoms with Crippen LogP contribution in [0.4, 0.5) is 5.69 Å². The second-order valence-corrected chi connectivity index (χ2v) is 7.14. The summed E-state index contributed by atoms with van der Waals surface area (Å²) in [6, 6.07) is 15.2. The zero-order valence-corrected chi connectivity index (χ0v) is 15.7. The van der Waals surface area contributed by atoms with Gasteiger partial charge < -0.3 is 14.7 Å². The number of rotatable bonds is 3. The minimum absolute atomic E-state index is 0.00416. The second kappa shape index (κ2) is 7.53. The van der Waals surface area contributed by atoms with E-state index in [4.69, 9.17) is 0 Å². The summed E-state index contributed by atoms with van der Waals surface area (Å²) >= 11 is 0. The Bertz CT molecular complexity index is 839. The number of likely N-dealkylation sites (N-methyl/N-ethyl adjacent to an activating group) is 1. The van der Waals surface area contributed by atoms with E-state index in [1.807, 2.05) is 28.0 Å². The number of benzene rings is 2. The second-order valence-electron chi connectivity index (χ2n) is 7.14.